The average molecular weight is 433 g/mol. The lowest BCUT2D eigenvalue weighted by atomic mass is 10.1. The molecule has 2 aromatic carbocycles. The number of methoxy groups -OCH3 is 1. The summed E-state index contributed by atoms with van der Waals surface area (Å²) < 4.78 is 44.3. The van der Waals surface area contributed by atoms with Crippen molar-refractivity contribution < 1.29 is 27.6 Å². The number of ether oxygens (including phenoxy) is 1. The third kappa shape index (κ3) is 4.86. The van der Waals surface area contributed by atoms with E-state index in [9.17, 15) is 28.1 Å². The third-order valence-electron chi connectivity index (χ3n) is 4.06. The van der Waals surface area contributed by atoms with E-state index < -0.39 is 39.8 Å². The molecule has 0 atom stereocenters. The van der Waals surface area contributed by atoms with Crippen molar-refractivity contribution in [1.29, 1.82) is 0 Å². The van der Waals surface area contributed by atoms with Crippen molar-refractivity contribution in [2.75, 3.05) is 17.7 Å². The molecule has 12 heteroatoms. The Morgan fingerprint density at radius 3 is 2.23 bits per heavy atom. The Morgan fingerprint density at radius 2 is 1.65 bits per heavy atom. The predicted molar refractivity (Wildman–Crippen MR) is 104 cm³/mol. The fourth-order valence-corrected chi connectivity index (χ4v) is 2.65. The molecule has 0 saturated heterocycles. The number of nitrogens with zero attached hydrogens (tertiary/aromatic N) is 3. The maximum Gasteiger partial charge on any atom is 0.418 e. The highest BCUT2D eigenvalue weighted by atomic mass is 19.4. The first kappa shape index (κ1) is 21.5. The van der Waals surface area contributed by atoms with E-state index in [-0.39, 0.29) is 11.4 Å². The zero-order chi connectivity index (χ0) is 22.6. The summed E-state index contributed by atoms with van der Waals surface area (Å²) in [6, 6.07) is 10.3. The zero-order valence-corrected chi connectivity index (χ0v) is 15.8. The largest absolute Gasteiger partial charge is 0.465 e. The molecule has 31 heavy (non-hydrogen) atoms. The van der Waals surface area contributed by atoms with Gasteiger partial charge in [0.25, 0.3) is 0 Å². The van der Waals surface area contributed by atoms with Crippen LogP contribution < -0.4 is 10.6 Å². The van der Waals surface area contributed by atoms with Gasteiger partial charge in [-0.2, -0.15) is 13.2 Å². The van der Waals surface area contributed by atoms with E-state index in [0.717, 1.165) is 18.5 Å². The summed E-state index contributed by atoms with van der Waals surface area (Å²) in [6.07, 6.45) is -3.70. The van der Waals surface area contributed by atoms with Gasteiger partial charge in [-0.25, -0.2) is 14.8 Å². The van der Waals surface area contributed by atoms with Gasteiger partial charge in [0.2, 0.25) is 11.6 Å². The number of carbonyl (C=O) groups excluding carboxylic acids is 1. The summed E-state index contributed by atoms with van der Waals surface area (Å²) in [5, 5.41) is 16.7. The molecule has 9 nitrogen and oxygen atoms in total. The van der Waals surface area contributed by atoms with E-state index in [2.05, 4.69) is 25.3 Å². The Balaban J connectivity index is 1.96. The maximum atomic E-state index is 13.2. The predicted octanol–water partition coefficient (Wildman–Crippen LogP) is 4.68. The number of benzene rings is 2. The lowest BCUT2D eigenvalue weighted by Gasteiger charge is -2.14. The average Bonchev–Trinajstić information content (AvgIpc) is 2.73. The Bertz CT molecular complexity index is 1120. The number of aromatic nitrogens is 2. The van der Waals surface area contributed by atoms with Crippen LogP contribution in [0.15, 0.2) is 54.9 Å². The van der Waals surface area contributed by atoms with Crippen molar-refractivity contribution in [3.63, 3.8) is 0 Å². The number of nitro groups is 1. The van der Waals surface area contributed by atoms with Gasteiger partial charge in [-0.15, -0.1) is 0 Å². The van der Waals surface area contributed by atoms with Crippen LogP contribution in [-0.2, 0) is 10.9 Å². The monoisotopic (exact) mass is 433 g/mol. The van der Waals surface area contributed by atoms with Crippen molar-refractivity contribution in [2.45, 2.75) is 6.18 Å². The number of hydrogen-bond acceptors (Lipinski definition) is 8. The van der Waals surface area contributed by atoms with Crippen LogP contribution in [-0.4, -0.2) is 28.0 Å². The van der Waals surface area contributed by atoms with Gasteiger partial charge in [0.05, 0.1) is 28.8 Å². The smallest absolute Gasteiger partial charge is 0.418 e. The molecule has 160 valence electrons. The van der Waals surface area contributed by atoms with Crippen LogP contribution in [0.5, 0.6) is 0 Å². The van der Waals surface area contributed by atoms with Crippen molar-refractivity contribution in [3.8, 4) is 0 Å². The molecule has 0 saturated carbocycles. The highest BCUT2D eigenvalue weighted by Gasteiger charge is 2.34. The molecule has 0 bridgehead atoms. The molecule has 3 aromatic rings. The van der Waals surface area contributed by atoms with E-state index in [1.807, 2.05) is 0 Å². The second-order valence-corrected chi connectivity index (χ2v) is 6.04. The van der Waals surface area contributed by atoms with Gasteiger partial charge < -0.3 is 15.4 Å². The Hall–Kier alpha value is -4.22. The molecule has 0 radical (unpaired) electrons. The minimum atomic E-state index is -4.67. The number of carbonyl (C=O) groups is 1. The molecule has 0 spiro atoms. The summed E-state index contributed by atoms with van der Waals surface area (Å²) in [4.78, 5) is 29.9. The molecule has 2 N–H and O–H groups in total. The van der Waals surface area contributed by atoms with Gasteiger partial charge in [0.1, 0.15) is 6.33 Å². The first-order valence-electron chi connectivity index (χ1n) is 8.58. The number of para-hydroxylation sites is 1. The minimum Gasteiger partial charge on any atom is -0.465 e. The third-order valence-corrected chi connectivity index (χ3v) is 4.06. The topological polar surface area (TPSA) is 119 Å². The first-order valence-corrected chi connectivity index (χ1v) is 8.58. The molecule has 0 fully saturated rings. The molecular weight excluding hydrogens is 419 g/mol. The number of anilines is 4. The Labute approximate surface area is 173 Å². The molecule has 3 rings (SSSR count). The molecule has 1 heterocycles. The first-order chi connectivity index (χ1) is 14.7. The van der Waals surface area contributed by atoms with Crippen LogP contribution in [0, 0.1) is 10.1 Å². The second kappa shape index (κ2) is 8.65. The number of esters is 1. The number of alkyl halides is 3. The molecule has 0 unspecified atom stereocenters. The lowest BCUT2D eigenvalue weighted by molar-refractivity contribution is -0.383. The van der Waals surface area contributed by atoms with E-state index in [1.54, 1.807) is 0 Å². The molecule has 0 amide bonds. The lowest BCUT2D eigenvalue weighted by Crippen LogP contribution is -2.10. The van der Waals surface area contributed by atoms with Crippen LogP contribution in [0.25, 0.3) is 0 Å². The maximum absolute atomic E-state index is 13.2. The zero-order valence-electron chi connectivity index (χ0n) is 15.8. The van der Waals surface area contributed by atoms with Gasteiger partial charge in [-0.05, 0) is 36.4 Å². The van der Waals surface area contributed by atoms with Crippen molar-refractivity contribution >= 4 is 34.7 Å². The van der Waals surface area contributed by atoms with Crippen LogP contribution in [0.1, 0.15) is 15.9 Å². The quantitative estimate of drug-likeness (QED) is 0.327. The standard InChI is InChI=1S/C19H14F3N5O4/c1-31-18(28)11-6-8-12(9-7-11)25-16-15(27(29)30)17(24-10-23-16)26-14-5-3-2-4-13(14)19(20,21)22/h2-10H,1H3,(H2,23,24,25,26). The summed E-state index contributed by atoms with van der Waals surface area (Å²) in [7, 11) is 1.23. The second-order valence-electron chi connectivity index (χ2n) is 6.04. The van der Waals surface area contributed by atoms with E-state index in [1.165, 1.54) is 43.5 Å². The van der Waals surface area contributed by atoms with Gasteiger partial charge >= 0.3 is 17.8 Å². The van der Waals surface area contributed by atoms with Crippen molar-refractivity contribution in [1.82, 2.24) is 9.97 Å². The number of nitrogens with one attached hydrogen (secondary N) is 2. The molecule has 0 aliphatic rings. The van der Waals surface area contributed by atoms with E-state index in [4.69, 9.17) is 0 Å². The highest BCUT2D eigenvalue weighted by molar-refractivity contribution is 5.90. The van der Waals surface area contributed by atoms with Crippen LogP contribution in [0.2, 0.25) is 0 Å². The minimum absolute atomic E-state index is 0.252. The molecule has 0 aliphatic carbocycles. The van der Waals surface area contributed by atoms with Crippen molar-refractivity contribution in [3.05, 3.63) is 76.1 Å². The van der Waals surface area contributed by atoms with Gasteiger partial charge in [0.15, 0.2) is 0 Å². The van der Waals surface area contributed by atoms with Gasteiger partial charge in [-0.1, -0.05) is 12.1 Å². The van der Waals surface area contributed by atoms with Crippen molar-refractivity contribution in [2.24, 2.45) is 0 Å². The van der Waals surface area contributed by atoms with Crippen LogP contribution >= 0.6 is 0 Å². The van der Waals surface area contributed by atoms with Crippen LogP contribution in [0.4, 0.5) is 41.9 Å². The molecule has 0 aliphatic heterocycles. The van der Waals surface area contributed by atoms with Gasteiger partial charge in [-0.3, -0.25) is 10.1 Å². The van der Waals surface area contributed by atoms with Gasteiger partial charge in [0, 0.05) is 5.69 Å². The normalized spacial score (nSPS) is 11.0. The number of hydrogen-bond donors (Lipinski definition) is 2. The van der Waals surface area contributed by atoms with E-state index in [0.29, 0.717) is 5.69 Å². The molecular formula is C19H14F3N5O4. The fourth-order valence-electron chi connectivity index (χ4n) is 2.65. The summed E-state index contributed by atoms with van der Waals surface area (Å²) in [5.74, 6) is -1.24. The summed E-state index contributed by atoms with van der Waals surface area (Å²) in [6.45, 7) is 0. The fraction of sp³-hybridized carbons (Fsp3) is 0.105. The van der Waals surface area contributed by atoms with E-state index >= 15 is 0 Å². The summed E-state index contributed by atoms with van der Waals surface area (Å²) >= 11 is 0. The number of halogens is 3. The number of rotatable bonds is 6. The summed E-state index contributed by atoms with van der Waals surface area (Å²) in [5.41, 5.74) is -1.45. The molecule has 1 aromatic heterocycles. The Kier molecular flexibility index (Phi) is 6.00. The van der Waals surface area contributed by atoms with Crippen LogP contribution in [0.3, 0.4) is 0 Å². The highest BCUT2D eigenvalue weighted by Crippen LogP contribution is 2.38. The Morgan fingerprint density at radius 1 is 1.03 bits per heavy atom. The SMILES string of the molecule is COC(=O)c1ccc(Nc2ncnc(Nc3ccccc3C(F)(F)F)c2[N+](=O)[O-])cc1.